The molecule has 0 aliphatic heterocycles. The van der Waals surface area contributed by atoms with Gasteiger partial charge in [-0.2, -0.15) is 0 Å². The van der Waals surface area contributed by atoms with Crippen LogP contribution in [0.25, 0.3) is 11.2 Å². The summed E-state index contributed by atoms with van der Waals surface area (Å²) in [6.07, 6.45) is 6.71. The van der Waals surface area contributed by atoms with E-state index in [-0.39, 0.29) is 5.56 Å². The Morgan fingerprint density at radius 2 is 2.05 bits per heavy atom. The fourth-order valence-electron chi connectivity index (χ4n) is 3.66. The second-order valence-corrected chi connectivity index (χ2v) is 5.62. The van der Waals surface area contributed by atoms with E-state index < -0.39 is 5.97 Å². The first kappa shape index (κ1) is 11.0. The molecule has 2 N–H and O–H groups in total. The summed E-state index contributed by atoms with van der Waals surface area (Å²) in [6.45, 7) is 0. The first-order valence-electron chi connectivity index (χ1n) is 6.83. The third-order valence-electron chi connectivity index (χ3n) is 4.61. The van der Waals surface area contributed by atoms with Crippen LogP contribution in [0.4, 0.5) is 0 Å². The number of pyridine rings is 1. The Hall–Kier alpha value is -1.91. The highest BCUT2D eigenvalue weighted by Gasteiger charge is 2.52. The third kappa shape index (κ3) is 1.57. The van der Waals surface area contributed by atoms with Crippen LogP contribution in [0.3, 0.4) is 0 Å². The van der Waals surface area contributed by atoms with E-state index >= 15 is 0 Å². The Bertz CT molecular complexity index is 652. The fraction of sp³-hybridized carbons (Fsp3) is 0.500. The molecule has 19 heavy (non-hydrogen) atoms. The van der Waals surface area contributed by atoms with Gasteiger partial charge >= 0.3 is 5.97 Å². The maximum absolute atomic E-state index is 11.2. The average Bonchev–Trinajstić information content (AvgIpc) is 2.99. The summed E-state index contributed by atoms with van der Waals surface area (Å²) in [6, 6.07) is 1.52. The van der Waals surface area contributed by atoms with E-state index in [1.165, 1.54) is 37.9 Å². The van der Waals surface area contributed by atoms with Crippen molar-refractivity contribution in [1.29, 1.82) is 0 Å². The monoisotopic (exact) mass is 257 g/mol. The van der Waals surface area contributed by atoms with Gasteiger partial charge in [0.15, 0.2) is 5.65 Å². The summed E-state index contributed by atoms with van der Waals surface area (Å²) in [4.78, 5) is 23.1. The largest absolute Gasteiger partial charge is 0.478 e. The van der Waals surface area contributed by atoms with E-state index in [0.29, 0.717) is 17.1 Å². The van der Waals surface area contributed by atoms with E-state index in [2.05, 4.69) is 15.0 Å². The van der Waals surface area contributed by atoms with Gasteiger partial charge in [-0.05, 0) is 30.7 Å². The van der Waals surface area contributed by atoms with Crippen molar-refractivity contribution < 1.29 is 9.90 Å². The lowest BCUT2D eigenvalue weighted by Crippen LogP contribution is -1.97. The summed E-state index contributed by atoms with van der Waals surface area (Å²) < 4.78 is 0. The van der Waals surface area contributed by atoms with E-state index in [4.69, 9.17) is 0 Å². The summed E-state index contributed by atoms with van der Waals surface area (Å²) in [5.74, 6) is 2.01. The van der Waals surface area contributed by atoms with Crippen molar-refractivity contribution in [3.05, 3.63) is 23.7 Å². The van der Waals surface area contributed by atoms with Crippen LogP contribution in [0.2, 0.25) is 0 Å². The van der Waals surface area contributed by atoms with Gasteiger partial charge in [-0.1, -0.05) is 12.8 Å². The van der Waals surface area contributed by atoms with Crippen LogP contribution >= 0.6 is 0 Å². The molecule has 2 aromatic heterocycles. The maximum Gasteiger partial charge on any atom is 0.338 e. The number of aromatic amines is 1. The summed E-state index contributed by atoms with van der Waals surface area (Å²) in [7, 11) is 0. The number of rotatable bonds is 2. The number of aromatic carboxylic acids is 1. The Balaban J connectivity index is 1.76. The molecule has 0 bridgehead atoms. The molecule has 2 saturated carbocycles. The molecule has 5 nitrogen and oxygen atoms in total. The van der Waals surface area contributed by atoms with Crippen LogP contribution in [0.1, 0.15) is 47.8 Å². The molecule has 2 heterocycles. The molecule has 2 fully saturated rings. The normalized spacial score (nSPS) is 29.2. The molecule has 0 spiro atoms. The highest BCUT2D eigenvalue weighted by atomic mass is 16.4. The van der Waals surface area contributed by atoms with Gasteiger partial charge in [0.2, 0.25) is 0 Å². The molecule has 2 aliphatic rings. The van der Waals surface area contributed by atoms with Gasteiger partial charge in [-0.25, -0.2) is 14.8 Å². The lowest BCUT2D eigenvalue weighted by Gasteiger charge is -2.04. The minimum Gasteiger partial charge on any atom is -0.478 e. The Morgan fingerprint density at radius 1 is 1.32 bits per heavy atom. The van der Waals surface area contributed by atoms with Gasteiger partial charge in [0.1, 0.15) is 5.82 Å². The number of carboxylic acids is 1. The molecule has 2 atom stereocenters. The molecule has 98 valence electrons. The number of aromatic nitrogens is 3. The number of carbonyl (C=O) groups is 1. The van der Waals surface area contributed by atoms with Crippen molar-refractivity contribution in [3.63, 3.8) is 0 Å². The van der Waals surface area contributed by atoms with Crippen molar-refractivity contribution in [2.75, 3.05) is 0 Å². The van der Waals surface area contributed by atoms with Gasteiger partial charge in [0, 0.05) is 12.1 Å². The molecule has 2 unspecified atom stereocenters. The predicted octanol–water partition coefficient (Wildman–Crippen LogP) is 2.56. The number of fused-ring (bicyclic) bond motifs is 2. The fourth-order valence-corrected chi connectivity index (χ4v) is 3.66. The summed E-state index contributed by atoms with van der Waals surface area (Å²) in [5.41, 5.74) is 1.35. The molecule has 0 amide bonds. The topological polar surface area (TPSA) is 78.9 Å². The maximum atomic E-state index is 11.2. The average molecular weight is 257 g/mol. The van der Waals surface area contributed by atoms with Crippen LogP contribution in [-0.4, -0.2) is 26.0 Å². The molecule has 5 heteroatoms. The number of hydrogen-bond donors (Lipinski definition) is 2. The van der Waals surface area contributed by atoms with Gasteiger partial charge in [-0.15, -0.1) is 0 Å². The van der Waals surface area contributed by atoms with Crippen molar-refractivity contribution in [3.8, 4) is 0 Å². The van der Waals surface area contributed by atoms with E-state index in [1.54, 1.807) is 0 Å². The van der Waals surface area contributed by atoms with Crippen LogP contribution in [-0.2, 0) is 0 Å². The number of carboxylic acid groups (broad SMARTS) is 1. The summed E-state index contributed by atoms with van der Waals surface area (Å²) in [5, 5.41) is 9.18. The number of imidazole rings is 1. The highest BCUT2D eigenvalue weighted by molar-refractivity contribution is 5.99. The zero-order valence-corrected chi connectivity index (χ0v) is 10.5. The molecular weight excluding hydrogens is 242 g/mol. The Labute approximate surface area is 110 Å². The number of hydrogen-bond acceptors (Lipinski definition) is 3. The summed E-state index contributed by atoms with van der Waals surface area (Å²) >= 11 is 0. The molecule has 0 aromatic carbocycles. The minimum absolute atomic E-state index is 0.257. The van der Waals surface area contributed by atoms with Gasteiger partial charge in [0.05, 0.1) is 11.1 Å². The molecule has 2 aromatic rings. The predicted molar refractivity (Wildman–Crippen MR) is 69.0 cm³/mol. The number of H-pyrrole nitrogens is 1. The van der Waals surface area contributed by atoms with Crippen LogP contribution in [0.5, 0.6) is 0 Å². The van der Waals surface area contributed by atoms with Crippen molar-refractivity contribution in [2.24, 2.45) is 11.8 Å². The lowest BCUT2D eigenvalue weighted by molar-refractivity contribution is 0.0698. The molecule has 2 aliphatic carbocycles. The lowest BCUT2D eigenvalue weighted by atomic mass is 10.0. The standard InChI is InChI=1S/C14H15N3O2/c18-14(19)9-5-6-15-13-11(9)16-12(17-13)10-7-3-1-2-4-8(7)10/h5-8,10H,1-4H2,(H,18,19)(H,15,16,17). The molecule has 0 radical (unpaired) electrons. The molecule has 4 rings (SSSR count). The van der Waals surface area contributed by atoms with E-state index in [1.807, 2.05) is 0 Å². The first-order chi connectivity index (χ1) is 9.25. The Morgan fingerprint density at radius 3 is 2.74 bits per heavy atom. The van der Waals surface area contributed by atoms with Crippen LogP contribution < -0.4 is 0 Å². The first-order valence-corrected chi connectivity index (χ1v) is 6.83. The highest BCUT2D eigenvalue weighted by Crippen LogP contribution is 2.60. The second kappa shape index (κ2) is 3.79. The van der Waals surface area contributed by atoms with E-state index in [9.17, 15) is 9.90 Å². The quantitative estimate of drug-likeness (QED) is 0.866. The van der Waals surface area contributed by atoms with E-state index in [0.717, 1.165) is 17.7 Å². The minimum atomic E-state index is -0.934. The van der Waals surface area contributed by atoms with Gasteiger partial charge in [0.25, 0.3) is 0 Å². The smallest absolute Gasteiger partial charge is 0.338 e. The second-order valence-electron chi connectivity index (χ2n) is 5.62. The number of nitrogens with zero attached hydrogens (tertiary/aromatic N) is 2. The van der Waals surface area contributed by atoms with Crippen LogP contribution in [0, 0.1) is 11.8 Å². The zero-order valence-electron chi connectivity index (χ0n) is 10.5. The van der Waals surface area contributed by atoms with Gasteiger partial charge in [-0.3, -0.25) is 0 Å². The zero-order chi connectivity index (χ0) is 13.0. The third-order valence-corrected chi connectivity index (χ3v) is 4.61. The molecular formula is C14H15N3O2. The SMILES string of the molecule is O=C(O)c1ccnc2nc(C3C4CCCCC43)[nH]c12. The number of nitrogens with one attached hydrogen (secondary N) is 1. The molecule has 0 saturated heterocycles. The Kier molecular flexibility index (Phi) is 2.19. The van der Waals surface area contributed by atoms with Crippen LogP contribution in [0.15, 0.2) is 12.3 Å². The van der Waals surface area contributed by atoms with Crippen molar-refractivity contribution in [2.45, 2.75) is 31.6 Å². The van der Waals surface area contributed by atoms with Crippen molar-refractivity contribution in [1.82, 2.24) is 15.0 Å². The van der Waals surface area contributed by atoms with Gasteiger partial charge < -0.3 is 10.1 Å². The van der Waals surface area contributed by atoms with Crippen molar-refractivity contribution >= 4 is 17.1 Å².